The minimum Gasteiger partial charge on any atom is -0.497 e. The summed E-state index contributed by atoms with van der Waals surface area (Å²) < 4.78 is 10.2. The predicted molar refractivity (Wildman–Crippen MR) is 110 cm³/mol. The molecule has 0 spiro atoms. The highest BCUT2D eigenvalue weighted by Gasteiger charge is 2.50. The van der Waals surface area contributed by atoms with Crippen molar-refractivity contribution >= 4 is 29.5 Å². The topological polar surface area (TPSA) is 114 Å². The number of carbonyl (C=O) groups excluding carboxylic acids is 4. The number of imide groups is 1. The number of hydrogen-bond donors (Lipinski definition) is 2. The molecule has 4 amide bonds. The van der Waals surface area contributed by atoms with Gasteiger partial charge < -0.3 is 20.1 Å². The molecule has 30 heavy (non-hydrogen) atoms. The van der Waals surface area contributed by atoms with Crippen molar-refractivity contribution in [3.63, 3.8) is 0 Å². The molecule has 9 heteroatoms. The minimum atomic E-state index is -1.10. The number of hydrogen-bond acceptors (Lipinski definition) is 6. The van der Waals surface area contributed by atoms with Crippen LogP contribution in [0.3, 0.4) is 0 Å². The molecule has 1 heterocycles. The number of urea groups is 1. The molecule has 0 radical (unpaired) electrons. The molecule has 1 aliphatic heterocycles. The molecule has 0 aliphatic carbocycles. The van der Waals surface area contributed by atoms with Crippen LogP contribution in [0.4, 0.5) is 10.5 Å². The average molecular weight is 419 g/mol. The predicted octanol–water partition coefficient (Wildman–Crippen LogP) is 2.46. The van der Waals surface area contributed by atoms with Gasteiger partial charge in [0.05, 0.1) is 7.11 Å². The molecule has 0 bridgehead atoms. The molecular formula is C21H29N3O6. The highest BCUT2D eigenvalue weighted by molar-refractivity contribution is 6.08. The van der Waals surface area contributed by atoms with Crippen molar-refractivity contribution in [2.75, 3.05) is 19.0 Å². The summed E-state index contributed by atoms with van der Waals surface area (Å²) in [7, 11) is 1.54. The highest BCUT2D eigenvalue weighted by atomic mass is 16.5. The van der Waals surface area contributed by atoms with Crippen LogP contribution in [0.15, 0.2) is 24.3 Å². The third-order valence-electron chi connectivity index (χ3n) is 4.92. The molecule has 0 aromatic heterocycles. The second-order valence-corrected chi connectivity index (χ2v) is 7.25. The maximum Gasteiger partial charge on any atom is 0.327 e. The van der Waals surface area contributed by atoms with Crippen LogP contribution < -0.4 is 15.4 Å². The second-order valence-electron chi connectivity index (χ2n) is 7.25. The van der Waals surface area contributed by atoms with Gasteiger partial charge in [0, 0.05) is 5.69 Å². The van der Waals surface area contributed by atoms with Crippen molar-refractivity contribution in [3.05, 3.63) is 24.3 Å². The Morgan fingerprint density at radius 3 is 2.27 bits per heavy atom. The Kier molecular flexibility index (Phi) is 7.79. The zero-order valence-electron chi connectivity index (χ0n) is 17.8. The summed E-state index contributed by atoms with van der Waals surface area (Å²) in [6.45, 7) is 4.73. The Balaban J connectivity index is 1.94. The summed E-state index contributed by atoms with van der Waals surface area (Å²) in [6, 6.07) is 6.05. The largest absolute Gasteiger partial charge is 0.497 e. The monoisotopic (exact) mass is 419 g/mol. The number of anilines is 1. The van der Waals surface area contributed by atoms with Crippen molar-refractivity contribution < 1.29 is 28.7 Å². The van der Waals surface area contributed by atoms with Gasteiger partial charge in [-0.1, -0.05) is 26.7 Å². The third kappa shape index (κ3) is 5.28. The minimum absolute atomic E-state index is 0.427. The first kappa shape index (κ1) is 23.2. The maximum absolute atomic E-state index is 12.8. The summed E-state index contributed by atoms with van der Waals surface area (Å²) in [5.74, 6) is -1.15. The maximum atomic E-state index is 12.8. The van der Waals surface area contributed by atoms with E-state index >= 15 is 0 Å². The second kappa shape index (κ2) is 10.1. The van der Waals surface area contributed by atoms with Crippen LogP contribution in [0.25, 0.3) is 0 Å². The van der Waals surface area contributed by atoms with E-state index in [-0.39, 0.29) is 0 Å². The molecule has 2 rings (SSSR count). The molecule has 1 aromatic carbocycles. The first-order valence-electron chi connectivity index (χ1n) is 10.0. The van der Waals surface area contributed by atoms with E-state index in [1.807, 2.05) is 13.8 Å². The van der Waals surface area contributed by atoms with E-state index in [0.717, 1.165) is 4.90 Å². The summed E-state index contributed by atoms with van der Waals surface area (Å²) >= 11 is 0. The number of nitrogens with one attached hydrogen (secondary N) is 2. The summed E-state index contributed by atoms with van der Waals surface area (Å²) in [4.78, 5) is 50.5. The van der Waals surface area contributed by atoms with Gasteiger partial charge in [-0.2, -0.15) is 0 Å². The molecule has 1 atom stereocenters. The van der Waals surface area contributed by atoms with Crippen LogP contribution in [0.2, 0.25) is 0 Å². The molecule has 1 fully saturated rings. The SMILES string of the molecule is CCCC1(CCC)NC(=O)N(CC(=O)O[C@@H](C)C(=O)Nc2ccc(OC)cc2)C1=O. The summed E-state index contributed by atoms with van der Waals surface area (Å²) in [6.07, 6.45) is 1.33. The fourth-order valence-electron chi connectivity index (χ4n) is 3.47. The van der Waals surface area contributed by atoms with E-state index in [2.05, 4.69) is 10.6 Å². The lowest BCUT2D eigenvalue weighted by Crippen LogP contribution is -2.47. The number of methoxy groups -OCH3 is 1. The van der Waals surface area contributed by atoms with Gasteiger partial charge >= 0.3 is 12.0 Å². The van der Waals surface area contributed by atoms with Crippen LogP contribution in [0.5, 0.6) is 5.75 Å². The van der Waals surface area contributed by atoms with Gasteiger partial charge in [0.25, 0.3) is 11.8 Å². The van der Waals surface area contributed by atoms with Crippen molar-refractivity contribution in [2.45, 2.75) is 58.1 Å². The number of benzene rings is 1. The third-order valence-corrected chi connectivity index (χ3v) is 4.92. The van der Waals surface area contributed by atoms with Gasteiger partial charge in [0.2, 0.25) is 0 Å². The molecule has 9 nitrogen and oxygen atoms in total. The summed E-state index contributed by atoms with van der Waals surface area (Å²) in [5, 5.41) is 5.36. The van der Waals surface area contributed by atoms with Gasteiger partial charge in [-0.05, 0) is 44.0 Å². The Morgan fingerprint density at radius 2 is 1.73 bits per heavy atom. The molecular weight excluding hydrogens is 390 g/mol. The van der Waals surface area contributed by atoms with Crippen LogP contribution in [-0.4, -0.2) is 54.0 Å². The van der Waals surface area contributed by atoms with Crippen LogP contribution in [-0.2, 0) is 19.1 Å². The smallest absolute Gasteiger partial charge is 0.327 e. The van der Waals surface area contributed by atoms with Crippen molar-refractivity contribution in [3.8, 4) is 5.75 Å². The van der Waals surface area contributed by atoms with E-state index in [0.29, 0.717) is 37.1 Å². The number of amides is 4. The van der Waals surface area contributed by atoms with Crippen LogP contribution in [0, 0.1) is 0 Å². The number of esters is 1. The van der Waals surface area contributed by atoms with Gasteiger partial charge in [-0.15, -0.1) is 0 Å². The van der Waals surface area contributed by atoms with Gasteiger partial charge in [0.1, 0.15) is 17.8 Å². The fraction of sp³-hybridized carbons (Fsp3) is 0.524. The van der Waals surface area contributed by atoms with E-state index in [4.69, 9.17) is 9.47 Å². The number of carbonyl (C=O) groups is 4. The summed E-state index contributed by atoms with van der Waals surface area (Å²) in [5.41, 5.74) is -0.459. The zero-order valence-corrected chi connectivity index (χ0v) is 17.8. The normalized spacial score (nSPS) is 16.1. The Labute approximate surface area is 176 Å². The lowest BCUT2D eigenvalue weighted by Gasteiger charge is -2.25. The van der Waals surface area contributed by atoms with Gasteiger partial charge in [0.15, 0.2) is 6.10 Å². The fourth-order valence-corrected chi connectivity index (χ4v) is 3.47. The lowest BCUT2D eigenvalue weighted by molar-refractivity contribution is -0.155. The van der Waals surface area contributed by atoms with Gasteiger partial charge in [-0.25, -0.2) is 4.79 Å². The number of ether oxygens (including phenoxy) is 2. The molecule has 1 aromatic rings. The zero-order chi connectivity index (χ0) is 22.3. The Hall–Kier alpha value is -3.10. The molecule has 1 saturated heterocycles. The molecule has 0 saturated carbocycles. The number of nitrogens with zero attached hydrogens (tertiary/aromatic N) is 1. The van der Waals surface area contributed by atoms with Crippen molar-refractivity contribution in [1.29, 1.82) is 0 Å². The molecule has 2 N–H and O–H groups in total. The lowest BCUT2D eigenvalue weighted by atomic mass is 9.88. The Bertz CT molecular complexity index is 786. The first-order valence-corrected chi connectivity index (χ1v) is 10.0. The number of rotatable bonds is 10. The van der Waals surface area contributed by atoms with Crippen molar-refractivity contribution in [2.24, 2.45) is 0 Å². The van der Waals surface area contributed by atoms with E-state index in [9.17, 15) is 19.2 Å². The first-order chi connectivity index (χ1) is 14.3. The van der Waals surface area contributed by atoms with E-state index in [1.165, 1.54) is 14.0 Å². The molecule has 1 aliphatic rings. The molecule has 164 valence electrons. The highest BCUT2D eigenvalue weighted by Crippen LogP contribution is 2.28. The van der Waals surface area contributed by atoms with Crippen LogP contribution in [0.1, 0.15) is 46.5 Å². The Morgan fingerprint density at radius 1 is 1.13 bits per heavy atom. The van der Waals surface area contributed by atoms with E-state index in [1.54, 1.807) is 24.3 Å². The van der Waals surface area contributed by atoms with Crippen molar-refractivity contribution in [1.82, 2.24) is 10.2 Å². The van der Waals surface area contributed by atoms with Gasteiger partial charge in [-0.3, -0.25) is 19.3 Å². The van der Waals surface area contributed by atoms with E-state index < -0.39 is 42.0 Å². The molecule has 0 unspecified atom stereocenters. The quantitative estimate of drug-likeness (QED) is 0.445. The van der Waals surface area contributed by atoms with Crippen LogP contribution >= 0.6 is 0 Å². The average Bonchev–Trinajstić information content (AvgIpc) is 2.93. The standard InChI is InChI=1S/C21H29N3O6/c1-5-11-21(12-6-2)19(27)24(20(28)23-21)13-17(25)30-14(3)18(26)22-15-7-9-16(29-4)10-8-15/h7-10,14H,5-6,11-13H2,1-4H3,(H,22,26)(H,23,28)/t14-/m0/s1.